The third-order valence-corrected chi connectivity index (χ3v) is 6.96. The summed E-state index contributed by atoms with van der Waals surface area (Å²) in [7, 11) is 3.20. The third kappa shape index (κ3) is 19.9. The smallest absolute Gasteiger partial charge is 0.358 e. The quantitative estimate of drug-likeness (QED) is 0.0554. The summed E-state index contributed by atoms with van der Waals surface area (Å²) in [4.78, 5) is 50.9. The second-order valence-corrected chi connectivity index (χ2v) is 11.0. The summed E-state index contributed by atoms with van der Waals surface area (Å²) in [5.74, 6) is -2.87. The van der Waals surface area contributed by atoms with Crippen LogP contribution in [0.5, 0.6) is 0 Å². The van der Waals surface area contributed by atoms with Crippen LogP contribution in [0, 0.1) is 0 Å². The van der Waals surface area contributed by atoms with Gasteiger partial charge in [-0.1, -0.05) is 0 Å². The predicted octanol–water partition coefficient (Wildman–Crippen LogP) is 1.23. The molecule has 0 unspecified atom stereocenters. The van der Waals surface area contributed by atoms with E-state index in [9.17, 15) is 19.2 Å². The van der Waals surface area contributed by atoms with E-state index in [-0.39, 0.29) is 81.9 Å². The maximum Gasteiger partial charge on any atom is 0.358 e. The van der Waals surface area contributed by atoms with Gasteiger partial charge in [0.1, 0.15) is 24.6 Å². The van der Waals surface area contributed by atoms with Gasteiger partial charge in [0.05, 0.1) is 106 Å². The number of esters is 4. The van der Waals surface area contributed by atoms with Gasteiger partial charge in [-0.25, -0.2) is 19.2 Å². The van der Waals surface area contributed by atoms with Crippen molar-refractivity contribution in [1.82, 2.24) is 19.6 Å². The summed E-state index contributed by atoms with van der Waals surface area (Å²) in [6, 6.07) is 2.57. The van der Waals surface area contributed by atoms with Gasteiger partial charge in [0, 0.05) is 39.4 Å². The van der Waals surface area contributed by atoms with Crippen LogP contribution in [-0.4, -0.2) is 177 Å². The molecule has 0 aliphatic rings. The van der Waals surface area contributed by atoms with E-state index in [0.717, 1.165) is 0 Å². The molecule has 20 nitrogen and oxygen atoms in total. The molecular formula is C35H56N4O16. The molecule has 2 aromatic rings. The lowest BCUT2D eigenvalue weighted by Crippen LogP contribution is -2.17. The van der Waals surface area contributed by atoms with E-state index >= 15 is 0 Å². The molecular weight excluding hydrogens is 732 g/mol. The van der Waals surface area contributed by atoms with Crippen molar-refractivity contribution < 1.29 is 76.0 Å². The summed E-state index contributed by atoms with van der Waals surface area (Å²) >= 11 is 0. The van der Waals surface area contributed by atoms with Gasteiger partial charge in [0.2, 0.25) is 0 Å². The highest BCUT2D eigenvalue weighted by Crippen LogP contribution is 2.13. The number of carbonyl (C=O) groups is 4. The van der Waals surface area contributed by atoms with Crippen LogP contribution >= 0.6 is 0 Å². The van der Waals surface area contributed by atoms with Crippen molar-refractivity contribution in [1.29, 1.82) is 0 Å². The average Bonchev–Trinajstić information content (AvgIpc) is 3.81. The van der Waals surface area contributed by atoms with E-state index in [2.05, 4.69) is 10.2 Å². The first-order chi connectivity index (χ1) is 26.9. The molecule has 0 bridgehead atoms. The number of rotatable bonds is 34. The van der Waals surface area contributed by atoms with Crippen LogP contribution in [-0.2, 0) is 69.9 Å². The Morgan fingerprint density at radius 2 is 0.764 bits per heavy atom. The van der Waals surface area contributed by atoms with Gasteiger partial charge >= 0.3 is 23.9 Å². The number of hydrogen-bond donors (Lipinski definition) is 0. The minimum absolute atomic E-state index is 0.0319. The van der Waals surface area contributed by atoms with Gasteiger partial charge in [0.15, 0.2) is 11.4 Å². The first kappa shape index (κ1) is 47.1. The van der Waals surface area contributed by atoms with Gasteiger partial charge < -0.3 is 56.8 Å². The van der Waals surface area contributed by atoms with Gasteiger partial charge in [-0.2, -0.15) is 10.2 Å². The number of ether oxygens (including phenoxy) is 12. The monoisotopic (exact) mass is 788 g/mol. The van der Waals surface area contributed by atoms with Crippen LogP contribution in [0.4, 0.5) is 0 Å². The summed E-state index contributed by atoms with van der Waals surface area (Å²) in [6.45, 7) is 8.95. The average molecular weight is 789 g/mol. The lowest BCUT2D eigenvalue weighted by molar-refractivity contribution is -0.00571. The van der Waals surface area contributed by atoms with E-state index in [0.29, 0.717) is 79.3 Å². The van der Waals surface area contributed by atoms with Gasteiger partial charge in [-0.15, -0.1) is 0 Å². The Labute approximate surface area is 320 Å². The Balaban J connectivity index is 1.86. The summed E-state index contributed by atoms with van der Waals surface area (Å²) in [5, 5.41) is 8.52. The van der Waals surface area contributed by atoms with Crippen molar-refractivity contribution in [3.8, 4) is 0 Å². The minimum Gasteiger partial charge on any atom is -0.461 e. The molecule has 20 heteroatoms. The summed E-state index contributed by atoms with van der Waals surface area (Å²) < 4.78 is 65.5. The molecule has 2 aromatic heterocycles. The fourth-order valence-electron chi connectivity index (χ4n) is 4.39. The van der Waals surface area contributed by atoms with Crippen molar-refractivity contribution in [3.63, 3.8) is 0 Å². The molecule has 0 amide bonds. The lowest BCUT2D eigenvalue weighted by atomic mass is 10.3. The maximum atomic E-state index is 12.7. The Morgan fingerprint density at radius 3 is 1.07 bits per heavy atom. The van der Waals surface area contributed by atoms with Crippen molar-refractivity contribution >= 4 is 23.9 Å². The first-order valence-corrected chi connectivity index (χ1v) is 18.1. The van der Waals surface area contributed by atoms with E-state index in [1.807, 2.05) is 0 Å². The van der Waals surface area contributed by atoms with E-state index in [1.165, 1.54) is 21.5 Å². The topological polar surface area (TPSA) is 215 Å². The number of aromatic nitrogens is 4. The Morgan fingerprint density at radius 1 is 0.455 bits per heavy atom. The normalized spacial score (nSPS) is 11.1. The molecule has 0 aliphatic heterocycles. The molecule has 55 heavy (non-hydrogen) atoms. The zero-order valence-corrected chi connectivity index (χ0v) is 32.3. The van der Waals surface area contributed by atoms with Crippen molar-refractivity contribution in [2.45, 2.75) is 33.4 Å². The van der Waals surface area contributed by atoms with Crippen LogP contribution in [0.15, 0.2) is 12.1 Å². The number of methoxy groups -OCH3 is 2. The molecule has 0 N–H and O–H groups in total. The number of hydrogen-bond acceptors (Lipinski definition) is 18. The lowest BCUT2D eigenvalue weighted by Gasteiger charge is -2.09. The first-order valence-electron chi connectivity index (χ1n) is 18.1. The number of carbonyl (C=O) groups excluding carboxylic acids is 4. The molecule has 0 fully saturated rings. The van der Waals surface area contributed by atoms with Crippen molar-refractivity contribution in [3.05, 3.63) is 34.9 Å². The highest BCUT2D eigenvalue weighted by atomic mass is 16.6. The molecule has 0 saturated carbocycles. The Bertz CT molecular complexity index is 1270. The van der Waals surface area contributed by atoms with Crippen LogP contribution in [0.1, 0.15) is 62.2 Å². The highest BCUT2D eigenvalue weighted by molar-refractivity contribution is 5.94. The molecule has 2 heterocycles. The molecule has 2 rings (SSSR count). The van der Waals surface area contributed by atoms with Crippen LogP contribution in [0.25, 0.3) is 0 Å². The van der Waals surface area contributed by atoms with Crippen LogP contribution in [0.2, 0.25) is 0 Å². The van der Waals surface area contributed by atoms with Crippen LogP contribution in [0.3, 0.4) is 0 Å². The molecule has 0 saturated heterocycles. The van der Waals surface area contributed by atoms with Gasteiger partial charge in [-0.3, -0.25) is 9.36 Å². The van der Waals surface area contributed by atoms with Crippen molar-refractivity contribution in [2.24, 2.45) is 0 Å². The molecule has 0 atom stereocenters. The number of nitrogens with zero attached hydrogens (tertiary/aromatic N) is 4. The zero-order chi connectivity index (χ0) is 39.9. The summed E-state index contributed by atoms with van der Waals surface area (Å²) in [6.07, 6.45) is 0.273. The number of aryl methyl sites for hydroxylation is 2. The van der Waals surface area contributed by atoms with E-state index in [1.54, 1.807) is 28.1 Å². The fourth-order valence-corrected chi connectivity index (χ4v) is 4.39. The zero-order valence-electron chi connectivity index (χ0n) is 32.3. The standard InChI is InChI=1S/C35H56N4O16/c1-5-52-34(42)30-26-28(32(40)54-24-22-50-20-18-48-16-14-46-12-10-44-3)36-38(30)8-7-9-39-31(35(43)53-6-2)27-29(37-39)33(41)55-25-23-51-21-19-49-17-15-47-13-11-45-4/h26-27H,5-25H2,1-4H3. The minimum atomic E-state index is -0.754. The molecule has 0 aliphatic carbocycles. The van der Waals surface area contributed by atoms with Crippen LogP contribution < -0.4 is 0 Å². The second kappa shape index (κ2) is 30.2. The van der Waals surface area contributed by atoms with E-state index < -0.39 is 23.9 Å². The maximum absolute atomic E-state index is 12.7. The second-order valence-electron chi connectivity index (χ2n) is 11.0. The van der Waals surface area contributed by atoms with Gasteiger partial charge in [0.25, 0.3) is 0 Å². The van der Waals surface area contributed by atoms with Crippen molar-refractivity contribution in [2.75, 3.05) is 133 Å². The molecule has 0 aromatic carbocycles. The Kier molecular flexibility index (Phi) is 25.9. The fraction of sp³-hybridized carbons (Fsp3) is 0.714. The summed E-state index contributed by atoms with van der Waals surface area (Å²) in [5.41, 5.74) is -0.138. The highest BCUT2D eigenvalue weighted by Gasteiger charge is 2.23. The van der Waals surface area contributed by atoms with Gasteiger partial charge in [-0.05, 0) is 20.3 Å². The Hall–Kier alpha value is -4.02. The molecule has 0 spiro atoms. The van der Waals surface area contributed by atoms with E-state index in [4.69, 9.17) is 56.8 Å². The molecule has 0 radical (unpaired) electrons. The third-order valence-electron chi connectivity index (χ3n) is 6.96. The SMILES string of the molecule is CCOC(=O)c1cc(C(=O)OCCOCCOCCOCCOC)nn1CCCn1nc(C(=O)OCCOCCOCCOCCOC)cc1C(=O)OCC. The molecule has 312 valence electrons. The predicted molar refractivity (Wildman–Crippen MR) is 190 cm³/mol. The largest absolute Gasteiger partial charge is 0.461 e.